The number of aromatic nitrogens is 4. The van der Waals surface area contributed by atoms with Crippen LogP contribution in [0.3, 0.4) is 0 Å². The van der Waals surface area contributed by atoms with Crippen molar-refractivity contribution in [3.63, 3.8) is 0 Å². The Balaban J connectivity index is 2.42. The molecule has 0 bridgehead atoms. The first kappa shape index (κ1) is 12.9. The normalized spacial score (nSPS) is 10.6. The second kappa shape index (κ2) is 5.39. The first-order valence-electron chi connectivity index (χ1n) is 5.69. The third-order valence-electron chi connectivity index (χ3n) is 2.45. The van der Waals surface area contributed by atoms with Gasteiger partial charge in [-0.2, -0.15) is 5.10 Å². The fraction of sp³-hybridized carbons (Fsp3) is 0.333. The van der Waals surface area contributed by atoms with Crippen LogP contribution in [0.2, 0.25) is 0 Å². The van der Waals surface area contributed by atoms with Gasteiger partial charge in [-0.15, -0.1) is 0 Å². The molecule has 0 atom stereocenters. The number of carbonyl (C=O) groups excluding carboxylic acids is 1. The average molecular weight is 309 g/mol. The van der Waals surface area contributed by atoms with Crippen molar-refractivity contribution in [2.24, 2.45) is 0 Å². The van der Waals surface area contributed by atoms with Crippen LogP contribution in [0, 0.1) is 6.92 Å². The van der Waals surface area contributed by atoms with Gasteiger partial charge in [-0.3, -0.25) is 9.48 Å². The van der Waals surface area contributed by atoms with Crippen molar-refractivity contribution in [3.05, 3.63) is 40.1 Å². The van der Waals surface area contributed by atoms with Crippen molar-refractivity contribution >= 4 is 21.7 Å². The predicted molar refractivity (Wildman–Crippen MR) is 70.4 cm³/mol. The fourth-order valence-corrected chi connectivity index (χ4v) is 2.15. The van der Waals surface area contributed by atoms with E-state index in [0.29, 0.717) is 28.2 Å². The van der Waals surface area contributed by atoms with Gasteiger partial charge in [0.25, 0.3) is 0 Å². The number of halogens is 1. The first-order valence-corrected chi connectivity index (χ1v) is 6.48. The molecule has 0 aliphatic rings. The number of rotatable bonds is 4. The lowest BCUT2D eigenvalue weighted by atomic mass is 10.2. The Morgan fingerprint density at radius 2 is 2.28 bits per heavy atom. The van der Waals surface area contributed by atoms with E-state index in [1.807, 2.05) is 6.92 Å². The summed E-state index contributed by atoms with van der Waals surface area (Å²) in [6.45, 7) is 4.50. The van der Waals surface area contributed by atoms with Crippen molar-refractivity contribution in [2.75, 3.05) is 0 Å². The molecule has 18 heavy (non-hydrogen) atoms. The van der Waals surface area contributed by atoms with Crippen LogP contribution in [-0.2, 0) is 6.54 Å². The molecule has 2 aromatic heterocycles. The Morgan fingerprint density at radius 3 is 2.94 bits per heavy atom. The molecule has 2 aromatic rings. The van der Waals surface area contributed by atoms with Gasteiger partial charge in [0, 0.05) is 12.7 Å². The Morgan fingerprint density at radius 1 is 1.50 bits per heavy atom. The lowest BCUT2D eigenvalue weighted by Gasteiger charge is -2.05. The average Bonchev–Trinajstić information content (AvgIpc) is 2.70. The highest BCUT2D eigenvalue weighted by Crippen LogP contribution is 2.19. The minimum Gasteiger partial charge on any atom is -0.285 e. The molecular formula is C12H13BrN4O. The predicted octanol–water partition coefficient (Wildman–Crippen LogP) is 2.39. The summed E-state index contributed by atoms with van der Waals surface area (Å²) in [6.07, 6.45) is 4.14. The molecule has 0 N–H and O–H groups in total. The highest BCUT2D eigenvalue weighted by atomic mass is 79.9. The molecule has 2 rings (SSSR count). The van der Waals surface area contributed by atoms with Crippen LogP contribution in [0.15, 0.2) is 22.9 Å². The van der Waals surface area contributed by atoms with E-state index in [-0.39, 0.29) is 5.78 Å². The van der Waals surface area contributed by atoms with E-state index in [1.165, 1.54) is 0 Å². The molecule has 0 aromatic carbocycles. The molecule has 5 nitrogen and oxygen atoms in total. The number of aryl methyl sites for hydroxylation is 2. The lowest BCUT2D eigenvalue weighted by Crippen LogP contribution is -2.14. The van der Waals surface area contributed by atoms with Crippen LogP contribution < -0.4 is 0 Å². The molecule has 6 heteroatoms. The Kier molecular flexibility index (Phi) is 3.86. The second-order valence-corrected chi connectivity index (χ2v) is 4.74. The number of nitrogens with zero attached hydrogens (tertiary/aromatic N) is 4. The molecule has 94 valence electrons. The highest BCUT2D eigenvalue weighted by Gasteiger charge is 2.19. The maximum Gasteiger partial charge on any atom is 0.230 e. The number of hydrogen-bond donors (Lipinski definition) is 0. The molecule has 0 saturated heterocycles. The SMILES string of the molecule is CCCn1ncc(Br)c1C(=O)c1ccnc(C)n1. The van der Waals surface area contributed by atoms with Crippen LogP contribution in [0.4, 0.5) is 0 Å². The molecule has 0 unspecified atom stereocenters. The Hall–Kier alpha value is -1.56. The van der Waals surface area contributed by atoms with E-state index in [0.717, 1.165) is 6.42 Å². The molecule has 0 radical (unpaired) electrons. The van der Waals surface area contributed by atoms with Gasteiger partial charge in [0.05, 0.1) is 10.7 Å². The van der Waals surface area contributed by atoms with Gasteiger partial charge >= 0.3 is 0 Å². The Bertz CT molecular complexity index is 579. The van der Waals surface area contributed by atoms with Crippen molar-refractivity contribution in [1.82, 2.24) is 19.7 Å². The Labute approximate surface area is 113 Å². The maximum absolute atomic E-state index is 12.4. The first-order chi connectivity index (χ1) is 8.63. The third kappa shape index (κ3) is 2.48. The zero-order chi connectivity index (χ0) is 13.1. The van der Waals surface area contributed by atoms with Gasteiger partial charge < -0.3 is 0 Å². The van der Waals surface area contributed by atoms with Gasteiger partial charge in [0.1, 0.15) is 17.2 Å². The summed E-state index contributed by atoms with van der Waals surface area (Å²) in [6, 6.07) is 1.62. The van der Waals surface area contributed by atoms with Gasteiger partial charge in [-0.1, -0.05) is 6.92 Å². The van der Waals surface area contributed by atoms with Crippen LogP contribution in [0.5, 0.6) is 0 Å². The van der Waals surface area contributed by atoms with Crippen molar-refractivity contribution in [3.8, 4) is 0 Å². The number of hydrogen-bond acceptors (Lipinski definition) is 4. The standard InChI is InChI=1S/C12H13BrN4O/c1-3-6-17-11(9(13)7-15-17)12(18)10-4-5-14-8(2)16-10/h4-5,7H,3,6H2,1-2H3. The summed E-state index contributed by atoms with van der Waals surface area (Å²) in [4.78, 5) is 20.5. The minimum absolute atomic E-state index is 0.140. The third-order valence-corrected chi connectivity index (χ3v) is 3.03. The van der Waals surface area contributed by atoms with E-state index in [1.54, 1.807) is 30.1 Å². The maximum atomic E-state index is 12.4. The van der Waals surface area contributed by atoms with E-state index in [2.05, 4.69) is 31.0 Å². The van der Waals surface area contributed by atoms with E-state index in [9.17, 15) is 4.79 Å². The summed E-state index contributed by atoms with van der Waals surface area (Å²) >= 11 is 3.36. The highest BCUT2D eigenvalue weighted by molar-refractivity contribution is 9.10. The van der Waals surface area contributed by atoms with E-state index >= 15 is 0 Å². The summed E-state index contributed by atoms with van der Waals surface area (Å²) in [7, 11) is 0. The summed E-state index contributed by atoms with van der Waals surface area (Å²) in [5.74, 6) is 0.442. The van der Waals surface area contributed by atoms with Crippen LogP contribution in [0.25, 0.3) is 0 Å². The van der Waals surface area contributed by atoms with Gasteiger partial charge in [-0.05, 0) is 35.3 Å². The largest absolute Gasteiger partial charge is 0.285 e. The molecular weight excluding hydrogens is 296 g/mol. The smallest absolute Gasteiger partial charge is 0.230 e. The van der Waals surface area contributed by atoms with E-state index in [4.69, 9.17) is 0 Å². The van der Waals surface area contributed by atoms with Gasteiger partial charge in [0.2, 0.25) is 5.78 Å². The molecule has 0 aliphatic carbocycles. The topological polar surface area (TPSA) is 60.7 Å². The quantitative estimate of drug-likeness (QED) is 0.814. The number of ketones is 1. The van der Waals surface area contributed by atoms with Crippen molar-refractivity contribution < 1.29 is 4.79 Å². The molecule has 0 fully saturated rings. The molecule has 0 spiro atoms. The number of carbonyl (C=O) groups is 1. The lowest BCUT2D eigenvalue weighted by molar-refractivity contribution is 0.102. The summed E-state index contributed by atoms with van der Waals surface area (Å²) in [5, 5.41) is 4.18. The van der Waals surface area contributed by atoms with Crippen molar-refractivity contribution in [1.29, 1.82) is 0 Å². The zero-order valence-electron chi connectivity index (χ0n) is 10.2. The van der Waals surface area contributed by atoms with Crippen LogP contribution in [-0.4, -0.2) is 25.5 Å². The monoisotopic (exact) mass is 308 g/mol. The zero-order valence-corrected chi connectivity index (χ0v) is 11.8. The molecule has 2 heterocycles. The summed E-state index contributed by atoms with van der Waals surface area (Å²) < 4.78 is 2.39. The van der Waals surface area contributed by atoms with Crippen LogP contribution in [0.1, 0.15) is 35.4 Å². The second-order valence-electron chi connectivity index (χ2n) is 3.88. The minimum atomic E-state index is -0.140. The van der Waals surface area contributed by atoms with Crippen molar-refractivity contribution in [2.45, 2.75) is 26.8 Å². The molecule has 0 aliphatic heterocycles. The molecule has 0 saturated carbocycles. The summed E-state index contributed by atoms with van der Waals surface area (Å²) in [5.41, 5.74) is 0.927. The van der Waals surface area contributed by atoms with Gasteiger partial charge in [0.15, 0.2) is 0 Å². The molecule has 0 amide bonds. The van der Waals surface area contributed by atoms with Gasteiger partial charge in [-0.25, -0.2) is 9.97 Å². The van der Waals surface area contributed by atoms with Crippen LogP contribution >= 0.6 is 15.9 Å². The van der Waals surface area contributed by atoms with E-state index < -0.39 is 0 Å². The fourth-order valence-electron chi connectivity index (χ4n) is 1.67.